The lowest BCUT2D eigenvalue weighted by atomic mass is 10.1. The second kappa shape index (κ2) is 11.2. The maximum Gasteiger partial charge on any atom is 0.308 e. The summed E-state index contributed by atoms with van der Waals surface area (Å²) in [5.74, 6) is -1.83. The molecule has 0 aliphatic carbocycles. The number of nitrogens with one attached hydrogen (secondary N) is 2. The summed E-state index contributed by atoms with van der Waals surface area (Å²) in [6.45, 7) is 0.998. The summed E-state index contributed by atoms with van der Waals surface area (Å²) in [6, 6.07) is 4.73. The van der Waals surface area contributed by atoms with Crippen LogP contribution in [0.25, 0.3) is 6.08 Å². The molecule has 1 aromatic carbocycles. The Morgan fingerprint density at radius 2 is 2.07 bits per heavy atom. The minimum atomic E-state index is -0.882. The van der Waals surface area contributed by atoms with Gasteiger partial charge in [0.1, 0.15) is 18.5 Å². The number of hydrogen-bond donors (Lipinski definition) is 2. The molecule has 0 saturated carbocycles. The standard InChI is InChI=1S/C19H22FN3O5S/c1-27-10-11-28-17(25)12-15-18(26)21-8-9-23(15)19(29)22-16(24)7-4-13-2-5-14(20)6-3-13/h2-7,15H,8-12H2,1H3,(H,21,26)(H,22,24,29). The van der Waals surface area contributed by atoms with Gasteiger partial charge in [0.15, 0.2) is 5.11 Å². The molecular formula is C19H22FN3O5S. The number of esters is 1. The smallest absolute Gasteiger partial charge is 0.308 e. The van der Waals surface area contributed by atoms with E-state index >= 15 is 0 Å². The van der Waals surface area contributed by atoms with Crippen LogP contribution < -0.4 is 10.6 Å². The SMILES string of the molecule is COCCOC(=O)CC1C(=O)NCCN1C(=S)NC(=O)C=Cc1ccc(F)cc1. The lowest BCUT2D eigenvalue weighted by Crippen LogP contribution is -2.60. The summed E-state index contributed by atoms with van der Waals surface area (Å²) in [5, 5.41) is 5.21. The predicted molar refractivity (Wildman–Crippen MR) is 107 cm³/mol. The Hall–Kier alpha value is -2.85. The Labute approximate surface area is 173 Å². The first-order chi connectivity index (χ1) is 13.9. The molecule has 1 unspecified atom stereocenters. The fourth-order valence-electron chi connectivity index (χ4n) is 2.58. The summed E-state index contributed by atoms with van der Waals surface area (Å²) < 4.78 is 22.7. The normalized spacial score (nSPS) is 16.4. The number of amides is 2. The number of carbonyl (C=O) groups is 3. The molecule has 1 aliphatic heterocycles. The molecule has 1 aliphatic rings. The van der Waals surface area contributed by atoms with Crippen LogP contribution in [0.15, 0.2) is 30.3 Å². The molecule has 156 valence electrons. The number of ether oxygens (including phenoxy) is 2. The number of halogens is 1. The highest BCUT2D eigenvalue weighted by Gasteiger charge is 2.34. The number of piperazine rings is 1. The van der Waals surface area contributed by atoms with E-state index in [0.29, 0.717) is 18.7 Å². The van der Waals surface area contributed by atoms with Crippen molar-refractivity contribution in [2.24, 2.45) is 0 Å². The second-order valence-electron chi connectivity index (χ2n) is 6.10. The lowest BCUT2D eigenvalue weighted by Gasteiger charge is -2.36. The van der Waals surface area contributed by atoms with Crippen molar-refractivity contribution >= 4 is 41.2 Å². The minimum absolute atomic E-state index is 0.0308. The summed E-state index contributed by atoms with van der Waals surface area (Å²) in [6.07, 6.45) is 2.54. The molecule has 1 heterocycles. The van der Waals surface area contributed by atoms with Gasteiger partial charge in [-0.05, 0) is 36.0 Å². The van der Waals surface area contributed by atoms with Crippen LogP contribution in [-0.4, -0.2) is 67.3 Å². The molecule has 2 rings (SSSR count). The van der Waals surface area contributed by atoms with Gasteiger partial charge in [-0.2, -0.15) is 0 Å². The van der Waals surface area contributed by atoms with Crippen molar-refractivity contribution in [1.82, 2.24) is 15.5 Å². The van der Waals surface area contributed by atoms with Gasteiger partial charge in [0.25, 0.3) is 0 Å². The topological polar surface area (TPSA) is 97.0 Å². The van der Waals surface area contributed by atoms with Crippen molar-refractivity contribution < 1.29 is 28.2 Å². The van der Waals surface area contributed by atoms with E-state index in [1.807, 2.05) is 0 Å². The fourth-order valence-corrected chi connectivity index (χ4v) is 2.90. The molecule has 1 fully saturated rings. The van der Waals surface area contributed by atoms with Crippen LogP contribution in [0, 0.1) is 5.82 Å². The molecular weight excluding hydrogens is 401 g/mol. The monoisotopic (exact) mass is 423 g/mol. The van der Waals surface area contributed by atoms with Gasteiger partial charge in [0.2, 0.25) is 11.8 Å². The number of hydrogen-bond acceptors (Lipinski definition) is 6. The highest BCUT2D eigenvalue weighted by atomic mass is 32.1. The van der Waals surface area contributed by atoms with Crippen molar-refractivity contribution in [2.45, 2.75) is 12.5 Å². The van der Waals surface area contributed by atoms with E-state index < -0.39 is 17.9 Å². The third-order valence-corrected chi connectivity index (χ3v) is 4.37. The van der Waals surface area contributed by atoms with Gasteiger partial charge in [-0.3, -0.25) is 19.7 Å². The first-order valence-electron chi connectivity index (χ1n) is 8.88. The first-order valence-corrected chi connectivity index (χ1v) is 9.29. The van der Waals surface area contributed by atoms with Crippen LogP contribution in [0.2, 0.25) is 0 Å². The molecule has 1 aromatic rings. The summed E-state index contributed by atoms with van der Waals surface area (Å²) in [5.41, 5.74) is 0.640. The van der Waals surface area contributed by atoms with Crippen LogP contribution in [0.3, 0.4) is 0 Å². The number of nitrogens with zero attached hydrogens (tertiary/aromatic N) is 1. The van der Waals surface area contributed by atoms with Crippen LogP contribution >= 0.6 is 12.2 Å². The quantitative estimate of drug-likeness (QED) is 0.287. The maximum absolute atomic E-state index is 12.9. The van der Waals surface area contributed by atoms with Crippen molar-refractivity contribution in [3.63, 3.8) is 0 Å². The number of rotatable bonds is 7. The van der Waals surface area contributed by atoms with E-state index in [4.69, 9.17) is 21.7 Å². The largest absolute Gasteiger partial charge is 0.463 e. The summed E-state index contributed by atoms with van der Waals surface area (Å²) >= 11 is 5.25. The van der Waals surface area contributed by atoms with E-state index in [1.165, 1.54) is 48.4 Å². The van der Waals surface area contributed by atoms with Gasteiger partial charge in [0, 0.05) is 26.3 Å². The zero-order chi connectivity index (χ0) is 21.2. The molecule has 0 bridgehead atoms. The second-order valence-corrected chi connectivity index (χ2v) is 6.48. The average molecular weight is 423 g/mol. The molecule has 0 aromatic heterocycles. The molecule has 1 saturated heterocycles. The summed E-state index contributed by atoms with van der Waals surface area (Å²) in [4.78, 5) is 37.8. The number of carbonyl (C=O) groups excluding carboxylic acids is 3. The molecule has 0 spiro atoms. The Morgan fingerprint density at radius 3 is 2.76 bits per heavy atom. The van der Waals surface area contributed by atoms with Crippen molar-refractivity contribution in [1.29, 1.82) is 0 Å². The molecule has 2 amide bonds. The summed E-state index contributed by atoms with van der Waals surface area (Å²) in [7, 11) is 1.48. The van der Waals surface area contributed by atoms with Crippen LogP contribution in [0.5, 0.6) is 0 Å². The molecule has 1 atom stereocenters. The van der Waals surface area contributed by atoms with Crippen LogP contribution in [0.4, 0.5) is 4.39 Å². The van der Waals surface area contributed by atoms with Crippen molar-refractivity contribution in [2.75, 3.05) is 33.4 Å². The Balaban J connectivity index is 1.94. The molecule has 0 radical (unpaired) electrons. The highest BCUT2D eigenvalue weighted by Crippen LogP contribution is 2.11. The van der Waals surface area contributed by atoms with Gasteiger partial charge in [-0.15, -0.1) is 0 Å². The van der Waals surface area contributed by atoms with Crippen LogP contribution in [0.1, 0.15) is 12.0 Å². The van der Waals surface area contributed by atoms with Crippen molar-refractivity contribution in [3.8, 4) is 0 Å². The van der Waals surface area contributed by atoms with Crippen molar-refractivity contribution in [3.05, 3.63) is 41.7 Å². The average Bonchev–Trinajstić information content (AvgIpc) is 2.69. The van der Waals surface area contributed by atoms with Gasteiger partial charge < -0.3 is 19.7 Å². The van der Waals surface area contributed by atoms with E-state index in [1.54, 1.807) is 0 Å². The van der Waals surface area contributed by atoms with Crippen LogP contribution in [-0.2, 0) is 23.9 Å². The molecule has 10 heteroatoms. The Bertz CT molecular complexity index is 785. The van der Waals surface area contributed by atoms with Gasteiger partial charge >= 0.3 is 5.97 Å². The van der Waals surface area contributed by atoms with E-state index in [9.17, 15) is 18.8 Å². The zero-order valence-corrected chi connectivity index (χ0v) is 16.7. The maximum atomic E-state index is 12.9. The number of methoxy groups -OCH3 is 1. The Kier molecular flexibility index (Phi) is 8.68. The number of benzene rings is 1. The Morgan fingerprint density at radius 1 is 1.34 bits per heavy atom. The molecule has 2 N–H and O–H groups in total. The first kappa shape index (κ1) is 22.4. The minimum Gasteiger partial charge on any atom is -0.463 e. The molecule has 29 heavy (non-hydrogen) atoms. The van der Waals surface area contributed by atoms with Gasteiger partial charge in [0.05, 0.1) is 13.0 Å². The van der Waals surface area contributed by atoms with E-state index in [0.717, 1.165) is 0 Å². The van der Waals surface area contributed by atoms with E-state index in [2.05, 4.69) is 10.6 Å². The third kappa shape index (κ3) is 7.24. The highest BCUT2D eigenvalue weighted by molar-refractivity contribution is 7.80. The van der Waals surface area contributed by atoms with Gasteiger partial charge in [-0.25, -0.2) is 4.39 Å². The third-order valence-electron chi connectivity index (χ3n) is 4.03. The van der Waals surface area contributed by atoms with Gasteiger partial charge in [-0.1, -0.05) is 12.1 Å². The predicted octanol–water partition coefficient (Wildman–Crippen LogP) is 0.620. The molecule has 8 nitrogen and oxygen atoms in total. The van der Waals surface area contributed by atoms with E-state index in [-0.39, 0.29) is 36.5 Å². The zero-order valence-electron chi connectivity index (χ0n) is 15.9. The number of thiocarbonyl (C=S) groups is 1. The fraction of sp³-hybridized carbons (Fsp3) is 0.368. The lowest BCUT2D eigenvalue weighted by molar-refractivity contribution is -0.148.